The van der Waals surface area contributed by atoms with E-state index in [9.17, 15) is 0 Å². The Morgan fingerprint density at radius 1 is 1.41 bits per heavy atom. The Kier molecular flexibility index (Phi) is 2.71. The summed E-state index contributed by atoms with van der Waals surface area (Å²) in [5, 5.41) is 0. The summed E-state index contributed by atoms with van der Waals surface area (Å²) in [6.07, 6.45) is 2.50. The van der Waals surface area contributed by atoms with E-state index in [4.69, 9.17) is 9.47 Å². The zero-order valence-corrected chi connectivity index (χ0v) is 10.5. The molecule has 3 nitrogen and oxygen atoms in total. The molecular weight excluding hydrogens is 214 g/mol. The maximum atomic E-state index is 5.88. The standard InChI is InChI=1S/C14H19NO2/c1-15-8-4-5-10-11(15)9-17-13-7-3-6-12(16-2)14(10)13/h3,6-7,10-11H,4-5,8-9H2,1-2H3/t10-,11+/m1/s1. The maximum absolute atomic E-state index is 5.88. The number of likely N-dealkylation sites (N-methyl/N-ethyl adjacent to an activating group) is 1. The van der Waals surface area contributed by atoms with Gasteiger partial charge in [-0.3, -0.25) is 4.90 Å². The van der Waals surface area contributed by atoms with Crippen LogP contribution in [-0.2, 0) is 0 Å². The average molecular weight is 233 g/mol. The van der Waals surface area contributed by atoms with Crippen molar-refractivity contribution in [3.05, 3.63) is 23.8 Å². The molecular formula is C14H19NO2. The minimum absolute atomic E-state index is 0.507. The molecule has 0 spiro atoms. The number of methoxy groups -OCH3 is 1. The zero-order chi connectivity index (χ0) is 11.8. The number of likely N-dealkylation sites (tertiary alicyclic amines) is 1. The lowest BCUT2D eigenvalue weighted by molar-refractivity contribution is 0.0853. The highest BCUT2D eigenvalue weighted by atomic mass is 16.5. The Labute approximate surface area is 102 Å². The summed E-state index contributed by atoms with van der Waals surface area (Å²) in [6, 6.07) is 6.61. The van der Waals surface area contributed by atoms with E-state index in [0.29, 0.717) is 12.0 Å². The fraction of sp³-hybridized carbons (Fsp3) is 0.571. The van der Waals surface area contributed by atoms with E-state index in [1.54, 1.807) is 7.11 Å². The predicted octanol–water partition coefficient (Wildman–Crippen LogP) is 2.27. The van der Waals surface area contributed by atoms with Crippen LogP contribution in [0.25, 0.3) is 0 Å². The van der Waals surface area contributed by atoms with Crippen LogP contribution in [0.4, 0.5) is 0 Å². The second-order valence-corrected chi connectivity index (χ2v) is 4.98. The van der Waals surface area contributed by atoms with Crippen LogP contribution in [0, 0.1) is 0 Å². The van der Waals surface area contributed by atoms with Crippen LogP contribution in [0.1, 0.15) is 24.3 Å². The van der Waals surface area contributed by atoms with E-state index in [-0.39, 0.29) is 0 Å². The van der Waals surface area contributed by atoms with Crippen LogP contribution in [0.3, 0.4) is 0 Å². The third-order valence-corrected chi connectivity index (χ3v) is 4.08. The summed E-state index contributed by atoms with van der Waals surface area (Å²) in [4.78, 5) is 2.42. The highest BCUT2D eigenvalue weighted by molar-refractivity contribution is 5.49. The van der Waals surface area contributed by atoms with Crippen LogP contribution >= 0.6 is 0 Å². The van der Waals surface area contributed by atoms with E-state index in [2.05, 4.69) is 18.0 Å². The first-order valence-electron chi connectivity index (χ1n) is 6.31. The van der Waals surface area contributed by atoms with Crippen molar-refractivity contribution in [3.8, 4) is 11.5 Å². The fourth-order valence-corrected chi connectivity index (χ4v) is 3.17. The number of benzene rings is 1. The molecule has 1 saturated heterocycles. The molecule has 3 heteroatoms. The molecule has 0 amide bonds. The lowest BCUT2D eigenvalue weighted by atomic mass is 9.81. The third kappa shape index (κ3) is 1.69. The number of ether oxygens (including phenoxy) is 2. The highest BCUT2D eigenvalue weighted by Crippen LogP contribution is 2.45. The predicted molar refractivity (Wildman–Crippen MR) is 66.9 cm³/mol. The van der Waals surface area contributed by atoms with Gasteiger partial charge in [-0.1, -0.05) is 6.07 Å². The van der Waals surface area contributed by atoms with Crippen LogP contribution in [0.2, 0.25) is 0 Å². The molecule has 2 heterocycles. The molecule has 0 aliphatic carbocycles. The van der Waals surface area contributed by atoms with Gasteiger partial charge in [-0.2, -0.15) is 0 Å². The minimum Gasteiger partial charge on any atom is -0.496 e. The molecule has 17 heavy (non-hydrogen) atoms. The van der Waals surface area contributed by atoms with Gasteiger partial charge in [-0.25, -0.2) is 0 Å². The summed E-state index contributed by atoms with van der Waals surface area (Å²) < 4.78 is 11.4. The van der Waals surface area contributed by atoms with Crippen LogP contribution < -0.4 is 9.47 Å². The first kappa shape index (κ1) is 10.9. The SMILES string of the molecule is COc1cccc2c1[C@@H]1CCCN(C)[C@H]1CO2. The first-order valence-corrected chi connectivity index (χ1v) is 6.31. The van der Waals surface area contributed by atoms with Crippen molar-refractivity contribution in [1.82, 2.24) is 4.90 Å². The Balaban J connectivity index is 2.04. The number of hydrogen-bond acceptors (Lipinski definition) is 3. The topological polar surface area (TPSA) is 21.7 Å². The molecule has 0 radical (unpaired) electrons. The molecule has 0 saturated carbocycles. The van der Waals surface area contributed by atoms with Gasteiger partial charge >= 0.3 is 0 Å². The monoisotopic (exact) mass is 233 g/mol. The van der Waals surface area contributed by atoms with Crippen molar-refractivity contribution in [1.29, 1.82) is 0 Å². The van der Waals surface area contributed by atoms with Gasteiger partial charge in [0.2, 0.25) is 0 Å². The van der Waals surface area contributed by atoms with Gasteiger partial charge in [-0.05, 0) is 38.6 Å². The average Bonchev–Trinajstić information content (AvgIpc) is 2.38. The lowest BCUT2D eigenvalue weighted by Crippen LogP contribution is -2.47. The third-order valence-electron chi connectivity index (χ3n) is 4.08. The van der Waals surface area contributed by atoms with E-state index >= 15 is 0 Å². The number of piperidine rings is 1. The molecule has 1 aromatic rings. The van der Waals surface area contributed by atoms with Gasteiger partial charge in [0.05, 0.1) is 13.2 Å². The first-order chi connectivity index (χ1) is 8.31. The molecule has 1 aromatic carbocycles. The number of hydrogen-bond donors (Lipinski definition) is 0. The Morgan fingerprint density at radius 2 is 2.29 bits per heavy atom. The highest BCUT2D eigenvalue weighted by Gasteiger charge is 2.37. The quantitative estimate of drug-likeness (QED) is 0.742. The second kappa shape index (κ2) is 4.22. The number of nitrogens with zero attached hydrogens (tertiary/aromatic N) is 1. The maximum Gasteiger partial charge on any atom is 0.126 e. The van der Waals surface area contributed by atoms with Gasteiger partial charge in [0.15, 0.2) is 0 Å². The Morgan fingerprint density at radius 3 is 3.12 bits per heavy atom. The van der Waals surface area contributed by atoms with Gasteiger partial charge < -0.3 is 9.47 Å². The van der Waals surface area contributed by atoms with E-state index < -0.39 is 0 Å². The van der Waals surface area contributed by atoms with Crippen molar-refractivity contribution in [2.24, 2.45) is 0 Å². The summed E-state index contributed by atoms with van der Waals surface area (Å²) in [5.41, 5.74) is 1.28. The van der Waals surface area contributed by atoms with E-state index in [1.807, 2.05) is 12.1 Å². The molecule has 1 fully saturated rings. The van der Waals surface area contributed by atoms with Gasteiger partial charge in [0.1, 0.15) is 18.1 Å². The zero-order valence-electron chi connectivity index (χ0n) is 10.5. The normalized spacial score (nSPS) is 27.9. The van der Waals surface area contributed by atoms with Crippen LogP contribution in [-0.4, -0.2) is 38.3 Å². The largest absolute Gasteiger partial charge is 0.496 e. The molecule has 92 valence electrons. The number of fused-ring (bicyclic) bond motifs is 3. The molecule has 2 aliphatic heterocycles. The molecule has 0 aromatic heterocycles. The van der Waals surface area contributed by atoms with Crippen molar-refractivity contribution in [3.63, 3.8) is 0 Å². The lowest BCUT2D eigenvalue weighted by Gasteiger charge is -2.43. The van der Waals surface area contributed by atoms with Crippen molar-refractivity contribution >= 4 is 0 Å². The Hall–Kier alpha value is -1.22. The summed E-state index contributed by atoms with van der Waals surface area (Å²) in [7, 11) is 3.94. The fourth-order valence-electron chi connectivity index (χ4n) is 3.17. The molecule has 0 N–H and O–H groups in total. The summed E-state index contributed by atoms with van der Waals surface area (Å²) in [6.45, 7) is 1.98. The number of rotatable bonds is 1. The van der Waals surface area contributed by atoms with Crippen molar-refractivity contribution < 1.29 is 9.47 Å². The second-order valence-electron chi connectivity index (χ2n) is 4.98. The van der Waals surface area contributed by atoms with Gasteiger partial charge in [-0.15, -0.1) is 0 Å². The molecule has 2 aliphatic rings. The summed E-state index contributed by atoms with van der Waals surface area (Å²) >= 11 is 0. The van der Waals surface area contributed by atoms with E-state index in [1.165, 1.54) is 24.9 Å². The summed E-state index contributed by atoms with van der Waals surface area (Å²) in [5.74, 6) is 2.56. The van der Waals surface area contributed by atoms with Gasteiger partial charge in [0, 0.05) is 11.5 Å². The molecule has 0 unspecified atom stereocenters. The smallest absolute Gasteiger partial charge is 0.126 e. The molecule has 3 rings (SSSR count). The van der Waals surface area contributed by atoms with Crippen molar-refractivity contribution in [2.75, 3.05) is 27.3 Å². The van der Waals surface area contributed by atoms with Gasteiger partial charge in [0.25, 0.3) is 0 Å². The molecule has 2 atom stereocenters. The van der Waals surface area contributed by atoms with Crippen LogP contribution in [0.15, 0.2) is 18.2 Å². The van der Waals surface area contributed by atoms with Crippen LogP contribution in [0.5, 0.6) is 11.5 Å². The molecule has 0 bridgehead atoms. The minimum atomic E-state index is 0.507. The Bertz CT molecular complexity index is 404. The van der Waals surface area contributed by atoms with Crippen molar-refractivity contribution in [2.45, 2.75) is 24.8 Å². The van der Waals surface area contributed by atoms with E-state index in [0.717, 1.165) is 18.1 Å².